The van der Waals surface area contributed by atoms with Gasteiger partial charge in [-0.15, -0.1) is 12.4 Å². The molecule has 6 heteroatoms. The van der Waals surface area contributed by atoms with Crippen molar-refractivity contribution in [2.45, 2.75) is 44.7 Å². The number of halogens is 1. The lowest BCUT2D eigenvalue weighted by molar-refractivity contribution is -0.128. The van der Waals surface area contributed by atoms with E-state index in [1.165, 1.54) is 19.3 Å². The molecule has 1 amide bonds. The Labute approximate surface area is 132 Å². The largest absolute Gasteiger partial charge is 0.350 e. The number of carbonyl (C=O) groups is 1. The highest BCUT2D eigenvalue weighted by Gasteiger charge is 2.40. The zero-order chi connectivity index (χ0) is 14.1. The molecule has 0 radical (unpaired) electrons. The molecule has 2 aliphatic carbocycles. The Morgan fingerprint density at radius 1 is 1.43 bits per heavy atom. The minimum atomic E-state index is 0. The lowest BCUT2D eigenvalue weighted by atomic mass is 9.65. The summed E-state index contributed by atoms with van der Waals surface area (Å²) in [6, 6.07) is 2.26. The summed E-state index contributed by atoms with van der Waals surface area (Å²) in [6.45, 7) is 0.563. The number of hydrogen-bond acceptors (Lipinski definition) is 3. The van der Waals surface area contributed by atoms with Gasteiger partial charge in [0.25, 0.3) is 0 Å². The van der Waals surface area contributed by atoms with Crippen molar-refractivity contribution in [1.82, 2.24) is 15.1 Å². The van der Waals surface area contributed by atoms with Crippen LogP contribution in [0.5, 0.6) is 0 Å². The van der Waals surface area contributed by atoms with Crippen LogP contribution in [0.25, 0.3) is 0 Å². The Morgan fingerprint density at radius 3 is 2.67 bits per heavy atom. The molecule has 0 aromatic carbocycles. The van der Waals surface area contributed by atoms with E-state index < -0.39 is 0 Å². The molecule has 2 atom stereocenters. The van der Waals surface area contributed by atoms with Crippen LogP contribution in [0.3, 0.4) is 0 Å². The first-order valence-corrected chi connectivity index (χ1v) is 7.65. The smallest absolute Gasteiger partial charge is 0.223 e. The van der Waals surface area contributed by atoms with Crippen molar-refractivity contribution in [3.8, 4) is 0 Å². The lowest BCUT2D eigenvalue weighted by Crippen LogP contribution is -2.49. The summed E-state index contributed by atoms with van der Waals surface area (Å²) in [4.78, 5) is 12.4. The number of carbonyl (C=O) groups excluding carboxylic acids is 1. The number of rotatable bonds is 3. The average molecular weight is 313 g/mol. The van der Waals surface area contributed by atoms with Gasteiger partial charge in [0.2, 0.25) is 5.91 Å². The van der Waals surface area contributed by atoms with Crippen molar-refractivity contribution in [2.75, 3.05) is 0 Å². The van der Waals surface area contributed by atoms with Crippen molar-refractivity contribution in [3.05, 3.63) is 18.0 Å². The predicted octanol–water partition coefficient (Wildman–Crippen LogP) is 1.61. The number of aryl methyl sites for hydroxylation is 1. The van der Waals surface area contributed by atoms with Crippen molar-refractivity contribution in [2.24, 2.45) is 30.5 Å². The molecule has 1 heterocycles. The maximum absolute atomic E-state index is 12.4. The van der Waals surface area contributed by atoms with Crippen molar-refractivity contribution < 1.29 is 4.79 Å². The summed E-state index contributed by atoms with van der Waals surface area (Å²) in [5.74, 6) is 1.44. The summed E-state index contributed by atoms with van der Waals surface area (Å²) in [7, 11) is 1.89. The average Bonchev–Trinajstić information content (AvgIpc) is 2.81. The molecule has 5 nitrogen and oxygen atoms in total. The molecule has 2 saturated carbocycles. The molecule has 0 aliphatic heterocycles. The highest BCUT2D eigenvalue weighted by atomic mass is 35.5. The van der Waals surface area contributed by atoms with E-state index in [-0.39, 0.29) is 24.2 Å². The van der Waals surface area contributed by atoms with Gasteiger partial charge in [0.05, 0.1) is 12.2 Å². The third-order valence-corrected chi connectivity index (χ3v) is 5.15. The Hall–Kier alpha value is -1.07. The number of hydrogen-bond donors (Lipinski definition) is 2. The van der Waals surface area contributed by atoms with Crippen molar-refractivity contribution >= 4 is 18.3 Å². The van der Waals surface area contributed by atoms with Gasteiger partial charge in [-0.05, 0) is 43.6 Å². The van der Waals surface area contributed by atoms with Gasteiger partial charge in [-0.2, -0.15) is 5.10 Å². The Balaban J connectivity index is 0.00000161. The summed E-state index contributed by atoms with van der Waals surface area (Å²) in [5, 5.41) is 7.17. The van der Waals surface area contributed by atoms with E-state index >= 15 is 0 Å². The maximum atomic E-state index is 12.4. The SMILES string of the molecule is Cl.Cn1nccc1CNC(=O)C1CC2CCCC(C1)C2N. The molecule has 3 rings (SSSR count). The standard InChI is InChI=1S/C15H24N4O.ClH/c1-19-13(5-6-18-19)9-17-15(20)12-7-10-3-2-4-11(8-12)14(10)16;/h5-6,10-12,14H,2-4,7-9,16H2,1H3,(H,17,20);1H. The first-order valence-electron chi connectivity index (χ1n) is 7.65. The highest BCUT2D eigenvalue weighted by Crippen LogP contribution is 2.41. The predicted molar refractivity (Wildman–Crippen MR) is 83.8 cm³/mol. The van der Waals surface area contributed by atoms with E-state index in [9.17, 15) is 4.79 Å². The topological polar surface area (TPSA) is 72.9 Å². The van der Waals surface area contributed by atoms with Crippen LogP contribution in [0.1, 0.15) is 37.8 Å². The van der Waals surface area contributed by atoms with E-state index in [0.29, 0.717) is 24.4 Å². The van der Waals surface area contributed by atoms with Gasteiger partial charge in [0, 0.05) is 25.2 Å². The van der Waals surface area contributed by atoms with Crippen molar-refractivity contribution in [1.29, 1.82) is 0 Å². The van der Waals surface area contributed by atoms with Gasteiger partial charge < -0.3 is 11.1 Å². The van der Waals surface area contributed by atoms with Crippen LogP contribution in [-0.2, 0) is 18.4 Å². The molecule has 21 heavy (non-hydrogen) atoms. The minimum absolute atomic E-state index is 0. The third-order valence-electron chi connectivity index (χ3n) is 5.15. The van der Waals surface area contributed by atoms with E-state index in [0.717, 1.165) is 18.5 Å². The number of fused-ring (bicyclic) bond motifs is 2. The lowest BCUT2D eigenvalue weighted by Gasteiger charge is -2.43. The first-order chi connectivity index (χ1) is 9.65. The Morgan fingerprint density at radius 2 is 2.10 bits per heavy atom. The molecule has 0 spiro atoms. The number of nitrogens with zero attached hydrogens (tertiary/aromatic N) is 2. The number of amides is 1. The zero-order valence-corrected chi connectivity index (χ0v) is 13.3. The van der Waals surface area contributed by atoms with Gasteiger partial charge in [-0.25, -0.2) is 0 Å². The Bertz CT molecular complexity index is 476. The summed E-state index contributed by atoms with van der Waals surface area (Å²) in [5.41, 5.74) is 7.31. The van der Waals surface area contributed by atoms with Crippen molar-refractivity contribution in [3.63, 3.8) is 0 Å². The molecule has 3 N–H and O–H groups in total. The third kappa shape index (κ3) is 3.40. The fraction of sp³-hybridized carbons (Fsp3) is 0.733. The second kappa shape index (κ2) is 6.79. The van der Waals surface area contributed by atoms with Crippen LogP contribution in [0.15, 0.2) is 12.3 Å². The van der Waals surface area contributed by atoms with E-state index in [4.69, 9.17) is 5.73 Å². The van der Waals surface area contributed by atoms with Crippen LogP contribution in [0.2, 0.25) is 0 Å². The van der Waals surface area contributed by atoms with E-state index in [1.807, 2.05) is 13.1 Å². The summed E-state index contributed by atoms with van der Waals surface area (Å²) < 4.78 is 1.80. The van der Waals surface area contributed by atoms with Crippen LogP contribution in [0.4, 0.5) is 0 Å². The molecule has 2 fully saturated rings. The van der Waals surface area contributed by atoms with E-state index in [2.05, 4.69) is 10.4 Å². The van der Waals surface area contributed by atoms with Crippen LogP contribution in [-0.4, -0.2) is 21.7 Å². The molecule has 2 unspecified atom stereocenters. The molecular weight excluding hydrogens is 288 g/mol. The molecule has 1 aromatic rings. The van der Waals surface area contributed by atoms with E-state index in [1.54, 1.807) is 10.9 Å². The number of aromatic nitrogens is 2. The second-order valence-corrected chi connectivity index (χ2v) is 6.36. The van der Waals surface area contributed by atoms with Gasteiger partial charge >= 0.3 is 0 Å². The fourth-order valence-corrected chi connectivity index (χ4v) is 3.90. The van der Waals surface area contributed by atoms with Gasteiger partial charge in [0.1, 0.15) is 0 Å². The molecule has 2 bridgehead atoms. The first kappa shape index (κ1) is 16.3. The van der Waals surface area contributed by atoms with Crippen LogP contribution >= 0.6 is 12.4 Å². The molecular formula is C15H25ClN4O. The second-order valence-electron chi connectivity index (χ2n) is 6.36. The summed E-state index contributed by atoms with van der Waals surface area (Å²) in [6.07, 6.45) is 7.37. The fourth-order valence-electron chi connectivity index (χ4n) is 3.90. The van der Waals surface area contributed by atoms with Gasteiger partial charge in [0.15, 0.2) is 0 Å². The molecule has 118 valence electrons. The zero-order valence-electron chi connectivity index (χ0n) is 12.5. The molecule has 2 aliphatic rings. The maximum Gasteiger partial charge on any atom is 0.223 e. The normalized spacial score (nSPS) is 31.3. The van der Waals surface area contributed by atoms with Gasteiger partial charge in [-0.3, -0.25) is 9.48 Å². The number of nitrogens with two attached hydrogens (primary N) is 1. The highest BCUT2D eigenvalue weighted by molar-refractivity contribution is 5.85. The quantitative estimate of drug-likeness (QED) is 0.890. The Kier molecular flexibility index (Phi) is 5.27. The number of nitrogens with one attached hydrogen (secondary N) is 1. The molecule has 1 aromatic heterocycles. The van der Waals surface area contributed by atoms with Crippen LogP contribution in [0, 0.1) is 17.8 Å². The molecule has 0 saturated heterocycles. The van der Waals surface area contributed by atoms with Gasteiger partial charge in [-0.1, -0.05) is 6.42 Å². The van der Waals surface area contributed by atoms with Crippen LogP contribution < -0.4 is 11.1 Å². The minimum Gasteiger partial charge on any atom is -0.350 e. The monoisotopic (exact) mass is 312 g/mol. The summed E-state index contributed by atoms with van der Waals surface area (Å²) >= 11 is 0.